The number of carbonyl (C=O) groups excluding carboxylic acids is 2. The number of halogens is 1. The predicted molar refractivity (Wildman–Crippen MR) is 127 cm³/mol. The van der Waals surface area contributed by atoms with Gasteiger partial charge in [0.25, 0.3) is 0 Å². The van der Waals surface area contributed by atoms with Crippen LogP contribution in [-0.4, -0.2) is 25.2 Å². The first kappa shape index (κ1) is 25.7. The summed E-state index contributed by atoms with van der Waals surface area (Å²) in [6.45, 7) is 4.60. The average molecular weight is 514 g/mol. The van der Waals surface area contributed by atoms with Crippen LogP contribution in [0.5, 0.6) is 0 Å². The fraction of sp³-hybridized carbons (Fsp3) is 0.583. The van der Waals surface area contributed by atoms with Crippen molar-refractivity contribution in [1.82, 2.24) is 0 Å². The average Bonchev–Trinajstić information content (AvgIpc) is 2.68. The van der Waals surface area contributed by atoms with Crippen molar-refractivity contribution in [3.05, 3.63) is 39.0 Å². The van der Waals surface area contributed by atoms with Crippen molar-refractivity contribution in [2.24, 2.45) is 0 Å². The van der Waals surface area contributed by atoms with E-state index in [0.29, 0.717) is 26.1 Å². The molecule has 0 aliphatic heterocycles. The quantitative estimate of drug-likeness (QED) is 0.154. The monoisotopic (exact) mass is 514 g/mol. The number of esters is 2. The Kier molecular flexibility index (Phi) is 14.5. The molecule has 0 heterocycles. The minimum atomic E-state index is -0.0908. The highest BCUT2D eigenvalue weighted by atomic mass is 127. The van der Waals surface area contributed by atoms with Gasteiger partial charge in [-0.3, -0.25) is 9.59 Å². The lowest BCUT2D eigenvalue weighted by atomic mass is 9.97. The molecule has 162 valence electrons. The summed E-state index contributed by atoms with van der Waals surface area (Å²) >= 11 is 2.25. The number of aryl methyl sites for hydroxylation is 2. The van der Waals surface area contributed by atoms with E-state index in [1.807, 2.05) is 17.9 Å². The largest absolute Gasteiger partial charge is 0.466 e. The first-order chi connectivity index (χ1) is 14.1. The Balaban J connectivity index is 2.43. The first-order valence-electron chi connectivity index (χ1n) is 10.8. The third-order valence-corrected chi connectivity index (χ3v) is 4.99. The molecular formula is C24H35IO4. The smallest absolute Gasteiger partial charge is 0.305 e. The Morgan fingerprint density at radius 3 is 1.69 bits per heavy atom. The highest BCUT2D eigenvalue weighted by molar-refractivity contribution is 14.1. The molecule has 0 spiro atoms. The van der Waals surface area contributed by atoms with E-state index in [-0.39, 0.29) is 11.9 Å². The van der Waals surface area contributed by atoms with Crippen LogP contribution in [0.2, 0.25) is 0 Å². The molecule has 0 saturated carbocycles. The Morgan fingerprint density at radius 1 is 0.793 bits per heavy atom. The van der Waals surface area contributed by atoms with Crippen LogP contribution in [0.25, 0.3) is 6.08 Å². The highest BCUT2D eigenvalue weighted by Gasteiger charge is 2.04. The summed E-state index contributed by atoms with van der Waals surface area (Å²) < 4.78 is 12.0. The molecule has 1 aromatic rings. The van der Waals surface area contributed by atoms with Gasteiger partial charge >= 0.3 is 11.9 Å². The van der Waals surface area contributed by atoms with Gasteiger partial charge < -0.3 is 9.47 Å². The van der Waals surface area contributed by atoms with Crippen LogP contribution in [-0.2, 0) is 31.9 Å². The topological polar surface area (TPSA) is 52.6 Å². The van der Waals surface area contributed by atoms with E-state index in [2.05, 4.69) is 46.9 Å². The van der Waals surface area contributed by atoms with E-state index < -0.39 is 0 Å². The molecule has 1 rings (SSSR count). The molecule has 0 fully saturated rings. The van der Waals surface area contributed by atoms with Crippen LogP contribution < -0.4 is 0 Å². The number of rotatable bonds is 15. The zero-order chi connectivity index (χ0) is 21.3. The van der Waals surface area contributed by atoms with Crippen molar-refractivity contribution in [3.63, 3.8) is 0 Å². The summed E-state index contributed by atoms with van der Waals surface area (Å²) in [6, 6.07) is 6.82. The van der Waals surface area contributed by atoms with Gasteiger partial charge in [0.05, 0.1) is 13.2 Å². The van der Waals surface area contributed by atoms with Gasteiger partial charge in [0.15, 0.2) is 0 Å². The molecule has 0 N–H and O–H groups in total. The van der Waals surface area contributed by atoms with Gasteiger partial charge in [-0.2, -0.15) is 0 Å². The molecule has 1 aromatic carbocycles. The molecule has 0 aromatic heterocycles. The van der Waals surface area contributed by atoms with Gasteiger partial charge in [-0.1, -0.05) is 53.6 Å². The summed E-state index contributed by atoms with van der Waals surface area (Å²) in [5.74, 6) is -0.182. The Labute approximate surface area is 189 Å². The second kappa shape index (κ2) is 16.4. The molecule has 0 aliphatic carbocycles. The Hall–Kier alpha value is -1.37. The molecule has 0 unspecified atom stereocenters. The van der Waals surface area contributed by atoms with Gasteiger partial charge in [-0.25, -0.2) is 0 Å². The Morgan fingerprint density at radius 2 is 1.28 bits per heavy atom. The molecule has 0 saturated heterocycles. The summed E-state index contributed by atoms with van der Waals surface area (Å²) in [6.07, 6.45) is 11.2. The van der Waals surface area contributed by atoms with Gasteiger partial charge in [0.2, 0.25) is 0 Å². The van der Waals surface area contributed by atoms with Crippen molar-refractivity contribution in [2.45, 2.75) is 78.1 Å². The number of unbranched alkanes of at least 4 members (excludes halogenated alkanes) is 4. The Bertz CT molecular complexity index is 594. The maximum absolute atomic E-state index is 11.4. The van der Waals surface area contributed by atoms with Crippen molar-refractivity contribution in [1.29, 1.82) is 0 Å². The van der Waals surface area contributed by atoms with Gasteiger partial charge in [-0.05, 0) is 79.2 Å². The molecule has 0 amide bonds. The van der Waals surface area contributed by atoms with Crippen LogP contribution in [0.15, 0.2) is 22.3 Å². The molecule has 0 atom stereocenters. The molecule has 0 radical (unpaired) electrons. The second-order valence-electron chi connectivity index (χ2n) is 7.11. The van der Waals surface area contributed by atoms with E-state index in [1.54, 1.807) is 0 Å². The van der Waals surface area contributed by atoms with Gasteiger partial charge in [0, 0.05) is 12.8 Å². The van der Waals surface area contributed by atoms with Crippen molar-refractivity contribution < 1.29 is 19.1 Å². The minimum Gasteiger partial charge on any atom is -0.466 e. The van der Waals surface area contributed by atoms with Gasteiger partial charge in [0.1, 0.15) is 0 Å². The molecule has 29 heavy (non-hydrogen) atoms. The summed E-state index contributed by atoms with van der Waals surface area (Å²) in [7, 11) is 0. The highest BCUT2D eigenvalue weighted by Crippen LogP contribution is 2.18. The number of benzene rings is 1. The molecule has 0 aliphatic rings. The number of hydrogen-bond acceptors (Lipinski definition) is 4. The summed E-state index contributed by atoms with van der Waals surface area (Å²) in [4.78, 5) is 22.8. The first-order valence-corrected chi connectivity index (χ1v) is 12.0. The number of carbonyl (C=O) groups is 2. The lowest BCUT2D eigenvalue weighted by Crippen LogP contribution is -2.03. The van der Waals surface area contributed by atoms with E-state index >= 15 is 0 Å². The molecule has 5 heteroatoms. The zero-order valence-corrected chi connectivity index (χ0v) is 20.0. The maximum Gasteiger partial charge on any atom is 0.305 e. The maximum atomic E-state index is 11.4. The lowest BCUT2D eigenvalue weighted by Gasteiger charge is -2.09. The van der Waals surface area contributed by atoms with E-state index in [0.717, 1.165) is 51.4 Å². The molecular weight excluding hydrogens is 479 g/mol. The van der Waals surface area contributed by atoms with Crippen molar-refractivity contribution >= 4 is 40.6 Å². The molecule has 4 nitrogen and oxygen atoms in total. The second-order valence-corrected chi connectivity index (χ2v) is 7.83. The third-order valence-electron chi connectivity index (χ3n) is 4.63. The summed E-state index contributed by atoms with van der Waals surface area (Å²) in [5.41, 5.74) is 3.95. The van der Waals surface area contributed by atoms with Crippen LogP contribution in [0.4, 0.5) is 0 Å². The third kappa shape index (κ3) is 12.7. The van der Waals surface area contributed by atoms with Crippen molar-refractivity contribution in [2.75, 3.05) is 13.2 Å². The van der Waals surface area contributed by atoms with E-state index in [1.165, 1.54) is 16.7 Å². The lowest BCUT2D eigenvalue weighted by molar-refractivity contribution is -0.144. The fourth-order valence-corrected chi connectivity index (χ4v) is 3.68. The summed E-state index contributed by atoms with van der Waals surface area (Å²) in [5, 5.41) is 0. The SMILES string of the molecule is CCOC(=O)CCCCCc1cc(/C=C/I)cc(CCCCCC(=O)OCC)c1. The number of ether oxygens (including phenoxy) is 2. The fourth-order valence-electron chi connectivity index (χ4n) is 3.27. The predicted octanol–water partition coefficient (Wildman–Crippen LogP) is 6.42. The van der Waals surface area contributed by atoms with Gasteiger partial charge in [-0.15, -0.1) is 0 Å². The minimum absolute atomic E-state index is 0.0908. The standard InChI is InChI=1S/C24H35IO4/c1-3-28-23(26)13-9-5-7-11-20-17-21(19-22(18-20)15-16-25)12-8-6-10-14-24(27)29-4-2/h15-19H,3-14H2,1-2H3/b16-15+. The zero-order valence-electron chi connectivity index (χ0n) is 17.9. The molecule has 0 bridgehead atoms. The van der Waals surface area contributed by atoms with Crippen molar-refractivity contribution in [3.8, 4) is 0 Å². The van der Waals surface area contributed by atoms with Crippen LogP contribution in [0.3, 0.4) is 0 Å². The van der Waals surface area contributed by atoms with Crippen LogP contribution in [0, 0.1) is 0 Å². The number of hydrogen-bond donors (Lipinski definition) is 0. The van der Waals surface area contributed by atoms with E-state index in [9.17, 15) is 9.59 Å². The van der Waals surface area contributed by atoms with Crippen LogP contribution >= 0.6 is 22.6 Å². The van der Waals surface area contributed by atoms with E-state index in [4.69, 9.17) is 9.47 Å². The van der Waals surface area contributed by atoms with Crippen LogP contribution in [0.1, 0.15) is 81.9 Å². The normalized spacial score (nSPS) is 11.0.